The number of carbonyl (C=O) groups excluding carboxylic acids is 2. The maximum Gasteiger partial charge on any atom is 0.338 e. The summed E-state index contributed by atoms with van der Waals surface area (Å²) in [6, 6.07) is 16.4. The fourth-order valence-corrected chi connectivity index (χ4v) is 1.71. The van der Waals surface area contributed by atoms with E-state index in [0.717, 1.165) is 11.3 Å². The van der Waals surface area contributed by atoms with Crippen LogP contribution in [0, 0.1) is 0 Å². The standard InChI is InChI=1S/C17H17NO4/c1-18-16(19)12-22-17(20)14-9-7-13(8-10-14)11-21-15-5-3-2-4-6-15/h2-10H,11-12H2,1H3,(H,18,19). The van der Waals surface area contributed by atoms with Crippen LogP contribution in [0.5, 0.6) is 5.75 Å². The third kappa shape index (κ3) is 4.63. The predicted molar refractivity (Wildman–Crippen MR) is 81.6 cm³/mol. The maximum atomic E-state index is 11.7. The number of ether oxygens (including phenoxy) is 2. The van der Waals surface area contributed by atoms with Crippen molar-refractivity contribution in [1.29, 1.82) is 0 Å². The highest BCUT2D eigenvalue weighted by atomic mass is 16.5. The van der Waals surface area contributed by atoms with Crippen LogP contribution in [-0.4, -0.2) is 25.5 Å². The molecule has 5 nitrogen and oxygen atoms in total. The number of rotatable bonds is 6. The molecule has 1 amide bonds. The highest BCUT2D eigenvalue weighted by molar-refractivity contribution is 5.91. The van der Waals surface area contributed by atoms with Crippen molar-refractivity contribution >= 4 is 11.9 Å². The van der Waals surface area contributed by atoms with Crippen LogP contribution in [0.2, 0.25) is 0 Å². The van der Waals surface area contributed by atoms with E-state index >= 15 is 0 Å². The third-order valence-corrected chi connectivity index (χ3v) is 2.95. The lowest BCUT2D eigenvalue weighted by Gasteiger charge is -2.07. The van der Waals surface area contributed by atoms with Crippen LogP contribution >= 0.6 is 0 Å². The van der Waals surface area contributed by atoms with E-state index < -0.39 is 5.97 Å². The van der Waals surface area contributed by atoms with Gasteiger partial charge in [0.05, 0.1) is 5.56 Å². The Morgan fingerprint density at radius 3 is 2.32 bits per heavy atom. The van der Waals surface area contributed by atoms with Gasteiger partial charge in [0.25, 0.3) is 5.91 Å². The molecule has 0 aliphatic heterocycles. The van der Waals surface area contributed by atoms with E-state index in [0.29, 0.717) is 12.2 Å². The molecule has 2 aromatic carbocycles. The van der Waals surface area contributed by atoms with Gasteiger partial charge >= 0.3 is 5.97 Å². The molecule has 0 bridgehead atoms. The number of nitrogens with one attached hydrogen (secondary N) is 1. The molecule has 0 aromatic heterocycles. The van der Waals surface area contributed by atoms with Crippen LogP contribution in [0.4, 0.5) is 0 Å². The second kappa shape index (κ2) is 7.83. The lowest BCUT2D eigenvalue weighted by Crippen LogP contribution is -2.25. The Morgan fingerprint density at radius 1 is 1.00 bits per heavy atom. The van der Waals surface area contributed by atoms with E-state index in [2.05, 4.69) is 5.32 Å². The number of hydrogen-bond acceptors (Lipinski definition) is 4. The summed E-state index contributed by atoms with van der Waals surface area (Å²) >= 11 is 0. The zero-order valence-electron chi connectivity index (χ0n) is 12.2. The Balaban J connectivity index is 1.87. The van der Waals surface area contributed by atoms with Gasteiger partial charge in [-0.15, -0.1) is 0 Å². The normalized spacial score (nSPS) is 9.86. The Morgan fingerprint density at radius 2 is 1.68 bits per heavy atom. The van der Waals surface area contributed by atoms with Gasteiger partial charge in [0.1, 0.15) is 12.4 Å². The summed E-state index contributed by atoms with van der Waals surface area (Å²) in [5.41, 5.74) is 1.33. The highest BCUT2D eigenvalue weighted by Gasteiger charge is 2.09. The molecule has 2 aromatic rings. The van der Waals surface area contributed by atoms with Crippen LogP contribution in [0.25, 0.3) is 0 Å². The SMILES string of the molecule is CNC(=O)COC(=O)c1ccc(COc2ccccc2)cc1. The van der Waals surface area contributed by atoms with Crippen molar-refractivity contribution in [3.8, 4) is 5.75 Å². The number of benzene rings is 2. The third-order valence-electron chi connectivity index (χ3n) is 2.95. The lowest BCUT2D eigenvalue weighted by molar-refractivity contribution is -0.123. The Labute approximate surface area is 128 Å². The van der Waals surface area contributed by atoms with Gasteiger partial charge in [-0.3, -0.25) is 4.79 Å². The Hall–Kier alpha value is -2.82. The monoisotopic (exact) mass is 299 g/mol. The van der Waals surface area contributed by atoms with Gasteiger partial charge < -0.3 is 14.8 Å². The molecule has 0 atom stereocenters. The number of esters is 1. The second-order valence-corrected chi connectivity index (χ2v) is 4.55. The Bertz CT molecular complexity index is 623. The smallest absolute Gasteiger partial charge is 0.338 e. The number of carbonyl (C=O) groups is 2. The molecule has 0 heterocycles. The summed E-state index contributed by atoms with van der Waals surface area (Å²) in [5.74, 6) is -0.0862. The molecule has 5 heteroatoms. The highest BCUT2D eigenvalue weighted by Crippen LogP contribution is 2.12. The molecule has 22 heavy (non-hydrogen) atoms. The van der Waals surface area contributed by atoms with Gasteiger partial charge in [0.2, 0.25) is 0 Å². The van der Waals surface area contributed by atoms with Gasteiger partial charge in [-0.2, -0.15) is 0 Å². The minimum absolute atomic E-state index is 0.284. The van der Waals surface area contributed by atoms with Crippen molar-refractivity contribution in [2.24, 2.45) is 0 Å². The summed E-state index contributed by atoms with van der Waals surface area (Å²) in [6.07, 6.45) is 0. The van der Waals surface area contributed by atoms with Crippen molar-refractivity contribution in [3.63, 3.8) is 0 Å². The number of amides is 1. The zero-order valence-corrected chi connectivity index (χ0v) is 12.2. The fourth-order valence-electron chi connectivity index (χ4n) is 1.71. The molecule has 0 saturated heterocycles. The minimum Gasteiger partial charge on any atom is -0.489 e. The van der Waals surface area contributed by atoms with Gasteiger partial charge in [-0.1, -0.05) is 30.3 Å². The van der Waals surface area contributed by atoms with Crippen LogP contribution < -0.4 is 10.1 Å². The van der Waals surface area contributed by atoms with E-state index in [9.17, 15) is 9.59 Å². The van der Waals surface area contributed by atoms with Crippen molar-refractivity contribution in [2.45, 2.75) is 6.61 Å². The van der Waals surface area contributed by atoms with E-state index in [1.165, 1.54) is 7.05 Å². The molecule has 0 fully saturated rings. The fraction of sp³-hybridized carbons (Fsp3) is 0.176. The summed E-state index contributed by atoms with van der Waals surface area (Å²) in [4.78, 5) is 22.7. The van der Waals surface area contributed by atoms with Gasteiger partial charge in [0, 0.05) is 7.05 Å². The summed E-state index contributed by atoms with van der Waals surface area (Å²) < 4.78 is 10.5. The molecule has 0 aliphatic carbocycles. The van der Waals surface area contributed by atoms with Crippen molar-refractivity contribution in [3.05, 3.63) is 65.7 Å². The van der Waals surface area contributed by atoms with Crippen LogP contribution in [-0.2, 0) is 16.1 Å². The molecule has 1 N–H and O–H groups in total. The van der Waals surface area contributed by atoms with E-state index in [4.69, 9.17) is 9.47 Å². The summed E-state index contributed by atoms with van der Waals surface area (Å²) in [6.45, 7) is 0.131. The first-order valence-electron chi connectivity index (χ1n) is 6.83. The van der Waals surface area contributed by atoms with E-state index in [1.54, 1.807) is 24.3 Å². The van der Waals surface area contributed by atoms with Crippen LogP contribution in [0.1, 0.15) is 15.9 Å². The van der Waals surface area contributed by atoms with Crippen LogP contribution in [0.15, 0.2) is 54.6 Å². The number of hydrogen-bond donors (Lipinski definition) is 1. The molecule has 0 unspecified atom stereocenters. The Kier molecular flexibility index (Phi) is 5.54. The lowest BCUT2D eigenvalue weighted by atomic mass is 10.1. The molecular formula is C17H17NO4. The average molecular weight is 299 g/mol. The zero-order chi connectivity index (χ0) is 15.8. The van der Waals surface area contributed by atoms with E-state index in [1.807, 2.05) is 30.3 Å². The first-order valence-corrected chi connectivity index (χ1v) is 6.83. The molecule has 2 rings (SSSR count). The van der Waals surface area contributed by atoms with E-state index in [-0.39, 0.29) is 12.5 Å². The summed E-state index contributed by atoms with van der Waals surface area (Å²) in [5, 5.41) is 2.38. The topological polar surface area (TPSA) is 64.6 Å². The predicted octanol–water partition coefficient (Wildman–Crippen LogP) is 2.17. The molecule has 0 aliphatic rings. The number of likely N-dealkylation sites (N-methyl/N-ethyl adjacent to an activating group) is 1. The molecular weight excluding hydrogens is 282 g/mol. The minimum atomic E-state index is -0.529. The van der Waals surface area contributed by atoms with Gasteiger partial charge in [0.15, 0.2) is 6.61 Å². The largest absolute Gasteiger partial charge is 0.489 e. The van der Waals surface area contributed by atoms with Crippen LogP contribution in [0.3, 0.4) is 0 Å². The second-order valence-electron chi connectivity index (χ2n) is 4.55. The maximum absolute atomic E-state index is 11.7. The van der Waals surface area contributed by atoms with Gasteiger partial charge in [-0.05, 0) is 29.8 Å². The van der Waals surface area contributed by atoms with Crippen molar-refractivity contribution in [1.82, 2.24) is 5.32 Å². The molecule has 0 radical (unpaired) electrons. The molecule has 114 valence electrons. The van der Waals surface area contributed by atoms with Gasteiger partial charge in [-0.25, -0.2) is 4.79 Å². The van der Waals surface area contributed by atoms with Crippen molar-refractivity contribution < 1.29 is 19.1 Å². The summed E-state index contributed by atoms with van der Waals surface area (Å²) in [7, 11) is 1.48. The quantitative estimate of drug-likeness (QED) is 0.830. The molecule has 0 saturated carbocycles. The number of para-hydroxylation sites is 1. The first kappa shape index (κ1) is 15.6. The van der Waals surface area contributed by atoms with Crippen molar-refractivity contribution in [2.75, 3.05) is 13.7 Å². The molecule has 0 spiro atoms. The first-order chi connectivity index (χ1) is 10.7. The average Bonchev–Trinajstić information content (AvgIpc) is 2.59.